The number of nitrogens with one attached hydrogen (secondary N) is 1. The van der Waals surface area contributed by atoms with Crippen molar-refractivity contribution in [3.05, 3.63) is 52.9 Å². The van der Waals surface area contributed by atoms with Crippen molar-refractivity contribution in [3.63, 3.8) is 0 Å². The van der Waals surface area contributed by atoms with Crippen molar-refractivity contribution < 1.29 is 35.2 Å². The molecule has 1 aromatic carbocycles. The number of anilines is 2. The van der Waals surface area contributed by atoms with Crippen LogP contribution >= 0.6 is 11.6 Å². The van der Waals surface area contributed by atoms with Crippen molar-refractivity contribution >= 4 is 44.4 Å². The Bertz CT molecular complexity index is 1670. The highest BCUT2D eigenvalue weighted by atomic mass is 35.5. The number of alkyl halides is 5. The van der Waals surface area contributed by atoms with Crippen molar-refractivity contribution in [1.82, 2.24) is 19.9 Å². The highest BCUT2D eigenvalue weighted by Gasteiger charge is 2.82. The molecule has 0 spiro atoms. The highest BCUT2D eigenvalue weighted by molar-refractivity contribution is 7.92. The smallest absolute Gasteiger partial charge is 0.355 e. The summed E-state index contributed by atoms with van der Waals surface area (Å²) in [4.78, 5) is 18.4. The van der Waals surface area contributed by atoms with Crippen LogP contribution < -0.4 is 10.2 Å². The fraction of sp³-hybridized carbons (Fsp3) is 0.500. The molecular weight excluding hydrogens is 593 g/mol. The van der Waals surface area contributed by atoms with E-state index in [1.54, 1.807) is 0 Å². The molecule has 0 radical (unpaired) electrons. The summed E-state index contributed by atoms with van der Waals surface area (Å²) >= 11 is 5.95. The topological polar surface area (TPSA) is 96.7 Å². The van der Waals surface area contributed by atoms with E-state index < -0.39 is 51.1 Å². The number of fused-ring (bicyclic) bond motifs is 3. The number of sulfone groups is 1. The van der Waals surface area contributed by atoms with Gasteiger partial charge in [0.25, 0.3) is 5.92 Å². The van der Waals surface area contributed by atoms with Gasteiger partial charge in [0.05, 0.1) is 35.0 Å². The van der Waals surface area contributed by atoms with Crippen molar-refractivity contribution in [2.75, 3.05) is 29.5 Å². The van der Waals surface area contributed by atoms with Gasteiger partial charge in [0.1, 0.15) is 10.8 Å². The molecule has 2 aliphatic heterocycles. The summed E-state index contributed by atoms with van der Waals surface area (Å²) in [5.41, 5.74) is -3.66. The molecule has 1 saturated carbocycles. The zero-order valence-corrected chi connectivity index (χ0v) is 23.4. The first kappa shape index (κ1) is 28.1. The number of aromatic nitrogens is 3. The maximum absolute atomic E-state index is 15.0. The number of benzene rings is 1. The lowest BCUT2D eigenvalue weighted by Crippen LogP contribution is -2.43. The van der Waals surface area contributed by atoms with Crippen LogP contribution in [-0.2, 0) is 20.0 Å². The third-order valence-corrected chi connectivity index (χ3v) is 10.9. The van der Waals surface area contributed by atoms with Gasteiger partial charge >= 0.3 is 6.18 Å². The van der Waals surface area contributed by atoms with E-state index in [1.807, 2.05) is 0 Å². The largest absolute Gasteiger partial charge is 0.401 e. The second-order valence-corrected chi connectivity index (χ2v) is 14.0. The van der Waals surface area contributed by atoms with Crippen LogP contribution in [-0.4, -0.2) is 65.6 Å². The molecule has 0 bridgehead atoms. The highest BCUT2D eigenvalue weighted by Crippen LogP contribution is 2.71. The molecule has 2 fully saturated rings. The first-order valence-corrected chi connectivity index (χ1v) is 15.0. The summed E-state index contributed by atoms with van der Waals surface area (Å²) in [7, 11) is -3.01. The summed E-state index contributed by atoms with van der Waals surface area (Å²) in [6, 6.07) is 7.05. The van der Waals surface area contributed by atoms with Gasteiger partial charge in [-0.05, 0) is 43.9 Å². The molecule has 220 valence electrons. The van der Waals surface area contributed by atoms with E-state index >= 15 is 8.78 Å². The Balaban J connectivity index is 1.23. The molecular formula is C26H25ClF5N5O3S. The molecule has 8 nitrogen and oxygen atoms in total. The average molecular weight is 618 g/mol. The Kier molecular flexibility index (Phi) is 6.01. The van der Waals surface area contributed by atoms with Crippen LogP contribution in [0.4, 0.5) is 33.3 Å². The standard InChI is InChI=1S/C26H25ClF5N5O3S/c1-23(26(30,31)32)13-36(17-10-34-19-9-18(27)35-37(19)21(17)23)16-5-3-15(4-6-16)20-24(2,25(20,28)29)22(38)33-8-7-14-11-41(39,40)12-14/h3-6,9-10,14,20H,7-8,11-13H2,1-2H3,(H,33,38)/t20-,23-,24+/m1/s1. The quantitative estimate of drug-likeness (QED) is 0.405. The normalized spacial score (nSPS) is 28.4. The molecule has 1 N–H and O–H groups in total. The van der Waals surface area contributed by atoms with E-state index in [1.165, 1.54) is 48.4 Å². The van der Waals surface area contributed by atoms with Crippen molar-refractivity contribution in [2.24, 2.45) is 11.3 Å². The van der Waals surface area contributed by atoms with Crippen LogP contribution in [0.1, 0.15) is 37.4 Å². The Morgan fingerprint density at radius 2 is 1.83 bits per heavy atom. The Hall–Kier alpha value is -3.00. The summed E-state index contributed by atoms with van der Waals surface area (Å²) < 4.78 is 96.9. The van der Waals surface area contributed by atoms with Gasteiger partial charge in [-0.15, -0.1) is 0 Å². The van der Waals surface area contributed by atoms with Gasteiger partial charge in [-0.3, -0.25) is 4.79 Å². The van der Waals surface area contributed by atoms with E-state index in [4.69, 9.17) is 11.6 Å². The van der Waals surface area contributed by atoms with E-state index in [2.05, 4.69) is 15.4 Å². The second kappa shape index (κ2) is 8.76. The Morgan fingerprint density at radius 1 is 1.17 bits per heavy atom. The molecule has 15 heteroatoms. The van der Waals surface area contributed by atoms with Gasteiger partial charge in [0.15, 0.2) is 20.6 Å². The summed E-state index contributed by atoms with van der Waals surface area (Å²) in [6.45, 7) is 1.83. The van der Waals surface area contributed by atoms with Crippen LogP contribution in [0.5, 0.6) is 0 Å². The Labute approximate surface area is 236 Å². The molecule has 41 heavy (non-hydrogen) atoms. The van der Waals surface area contributed by atoms with Gasteiger partial charge < -0.3 is 10.2 Å². The zero-order chi connectivity index (χ0) is 29.8. The van der Waals surface area contributed by atoms with Crippen LogP contribution in [0.25, 0.3) is 5.65 Å². The Morgan fingerprint density at radius 3 is 2.44 bits per heavy atom. The minimum atomic E-state index is -4.65. The molecule has 4 heterocycles. The number of carbonyl (C=O) groups excluding carboxylic acids is 1. The molecule has 1 amide bonds. The van der Waals surface area contributed by atoms with Gasteiger partial charge in [-0.2, -0.15) is 18.3 Å². The predicted molar refractivity (Wildman–Crippen MR) is 140 cm³/mol. The fourth-order valence-corrected chi connectivity index (χ4v) is 8.00. The maximum Gasteiger partial charge on any atom is 0.401 e. The van der Waals surface area contributed by atoms with Gasteiger partial charge in [-0.25, -0.2) is 26.7 Å². The predicted octanol–water partition coefficient (Wildman–Crippen LogP) is 4.64. The summed E-state index contributed by atoms with van der Waals surface area (Å²) in [5.74, 6) is -5.63. The minimum absolute atomic E-state index is 0.00772. The van der Waals surface area contributed by atoms with Crippen LogP contribution in [0.2, 0.25) is 5.15 Å². The van der Waals surface area contributed by atoms with E-state index in [-0.39, 0.29) is 51.7 Å². The van der Waals surface area contributed by atoms with E-state index in [0.717, 1.165) is 11.4 Å². The molecule has 2 aromatic heterocycles. The second-order valence-electron chi connectivity index (χ2n) is 11.5. The molecule has 1 saturated heterocycles. The van der Waals surface area contributed by atoms with E-state index in [9.17, 15) is 26.4 Å². The number of amides is 1. The van der Waals surface area contributed by atoms with Crippen molar-refractivity contribution in [1.29, 1.82) is 0 Å². The molecule has 6 rings (SSSR count). The lowest BCUT2D eigenvalue weighted by molar-refractivity contribution is -0.181. The van der Waals surface area contributed by atoms with Crippen LogP contribution in [0.15, 0.2) is 36.5 Å². The number of rotatable bonds is 6. The molecule has 3 aromatic rings. The van der Waals surface area contributed by atoms with Crippen LogP contribution in [0, 0.1) is 11.3 Å². The third-order valence-electron chi connectivity index (χ3n) is 8.72. The number of hydrogen-bond donors (Lipinski definition) is 1. The van der Waals surface area contributed by atoms with Crippen LogP contribution in [0.3, 0.4) is 0 Å². The van der Waals surface area contributed by atoms with Gasteiger partial charge in [0, 0.05) is 24.8 Å². The van der Waals surface area contributed by atoms with Gasteiger partial charge in [-0.1, -0.05) is 23.7 Å². The maximum atomic E-state index is 15.0. The monoisotopic (exact) mass is 617 g/mol. The summed E-state index contributed by atoms with van der Waals surface area (Å²) in [6.07, 6.45) is -2.96. The average Bonchev–Trinajstić information content (AvgIpc) is 3.14. The first-order chi connectivity index (χ1) is 19.0. The molecule has 1 aliphatic carbocycles. The summed E-state index contributed by atoms with van der Waals surface area (Å²) in [5, 5.41) is 6.52. The lowest BCUT2D eigenvalue weighted by atomic mass is 9.87. The molecule has 0 unspecified atom stereocenters. The molecule has 3 aliphatic rings. The fourth-order valence-electron chi connectivity index (χ4n) is 6.15. The zero-order valence-electron chi connectivity index (χ0n) is 21.8. The third kappa shape index (κ3) is 4.11. The van der Waals surface area contributed by atoms with Crippen molar-refractivity contribution in [3.8, 4) is 0 Å². The van der Waals surface area contributed by atoms with E-state index in [0.29, 0.717) is 12.1 Å². The number of carbonyl (C=O) groups is 1. The minimum Gasteiger partial charge on any atom is -0.355 e. The SMILES string of the molecule is C[C@@]1(C(F)(F)F)CN(c2ccc([C@H]3C(F)(F)[C@]3(C)C(=O)NCCC3CS(=O)(=O)C3)cc2)c2cnc3cc(Cl)nn3c21. The number of nitrogens with zero attached hydrogens (tertiary/aromatic N) is 4. The number of halogens is 6. The molecule has 3 atom stereocenters. The van der Waals surface area contributed by atoms with Crippen molar-refractivity contribution in [2.45, 2.75) is 43.7 Å². The first-order valence-electron chi connectivity index (χ1n) is 12.9. The van der Waals surface area contributed by atoms with Gasteiger partial charge in [0.2, 0.25) is 5.91 Å². The lowest BCUT2D eigenvalue weighted by Gasteiger charge is -2.28. The number of hydrogen-bond acceptors (Lipinski definition) is 6.